The quantitative estimate of drug-likeness (QED) is 0.754. The zero-order chi connectivity index (χ0) is 10.4. The number of nitrogens with zero attached hydrogens (tertiary/aromatic N) is 1. The van der Waals surface area contributed by atoms with Crippen molar-refractivity contribution in [2.24, 2.45) is 0 Å². The Labute approximate surface area is 92.8 Å². The maximum absolute atomic E-state index is 3.30. The maximum Gasteiger partial charge on any atom is 0.0218 e. The fraction of sp³-hybridized carbons (Fsp3) is 1.00. The van der Waals surface area contributed by atoms with Gasteiger partial charge in [0.1, 0.15) is 0 Å². The summed E-state index contributed by atoms with van der Waals surface area (Å²) in [5.41, 5.74) is 0. The van der Waals surface area contributed by atoms with Gasteiger partial charge in [0.05, 0.1) is 0 Å². The van der Waals surface area contributed by atoms with Gasteiger partial charge in [0.2, 0.25) is 0 Å². The SMILES string of the molecule is CCC1CN(C(CC)CNC)CCS1. The average molecular weight is 216 g/mol. The highest BCUT2D eigenvalue weighted by Gasteiger charge is 2.23. The van der Waals surface area contributed by atoms with Gasteiger partial charge in [-0.05, 0) is 19.9 Å². The molecule has 1 aliphatic heterocycles. The van der Waals surface area contributed by atoms with Crippen LogP contribution in [-0.4, -0.2) is 48.6 Å². The fourth-order valence-electron chi connectivity index (χ4n) is 2.09. The van der Waals surface area contributed by atoms with Crippen molar-refractivity contribution in [1.29, 1.82) is 0 Å². The molecule has 2 nitrogen and oxygen atoms in total. The van der Waals surface area contributed by atoms with Crippen LogP contribution in [0.25, 0.3) is 0 Å². The largest absolute Gasteiger partial charge is 0.318 e. The molecule has 0 bridgehead atoms. The van der Waals surface area contributed by atoms with Gasteiger partial charge in [-0.1, -0.05) is 13.8 Å². The zero-order valence-corrected chi connectivity index (χ0v) is 10.6. The third-order valence-corrected chi connectivity index (χ3v) is 4.43. The van der Waals surface area contributed by atoms with E-state index in [0.717, 1.165) is 17.8 Å². The maximum atomic E-state index is 3.30. The molecule has 1 rings (SSSR count). The van der Waals surface area contributed by atoms with Crippen LogP contribution < -0.4 is 5.32 Å². The van der Waals surface area contributed by atoms with Gasteiger partial charge in [0.15, 0.2) is 0 Å². The van der Waals surface area contributed by atoms with Gasteiger partial charge < -0.3 is 5.32 Å². The molecular weight excluding hydrogens is 192 g/mol. The molecule has 14 heavy (non-hydrogen) atoms. The summed E-state index contributed by atoms with van der Waals surface area (Å²) in [5.74, 6) is 1.32. The third kappa shape index (κ3) is 3.44. The molecule has 1 aliphatic rings. The zero-order valence-electron chi connectivity index (χ0n) is 9.75. The number of nitrogens with one attached hydrogen (secondary N) is 1. The van der Waals surface area contributed by atoms with Crippen LogP contribution in [0.3, 0.4) is 0 Å². The van der Waals surface area contributed by atoms with Crippen LogP contribution in [0.15, 0.2) is 0 Å². The molecule has 0 radical (unpaired) electrons. The van der Waals surface area contributed by atoms with Crippen LogP contribution in [0.5, 0.6) is 0 Å². The van der Waals surface area contributed by atoms with Gasteiger partial charge in [-0.2, -0.15) is 11.8 Å². The minimum Gasteiger partial charge on any atom is -0.318 e. The van der Waals surface area contributed by atoms with Gasteiger partial charge in [0.25, 0.3) is 0 Å². The molecule has 0 aromatic carbocycles. The van der Waals surface area contributed by atoms with E-state index in [2.05, 4.69) is 42.9 Å². The lowest BCUT2D eigenvalue weighted by Gasteiger charge is -2.37. The summed E-state index contributed by atoms with van der Waals surface area (Å²) in [6.45, 7) is 8.31. The third-order valence-electron chi connectivity index (χ3n) is 3.05. The molecule has 2 atom stereocenters. The summed E-state index contributed by atoms with van der Waals surface area (Å²) >= 11 is 2.15. The molecule has 0 spiro atoms. The van der Waals surface area contributed by atoms with Crippen molar-refractivity contribution < 1.29 is 0 Å². The Hall–Kier alpha value is 0.270. The fourth-order valence-corrected chi connectivity index (χ4v) is 3.29. The van der Waals surface area contributed by atoms with Crippen molar-refractivity contribution in [2.45, 2.75) is 38.0 Å². The van der Waals surface area contributed by atoms with Crippen LogP contribution in [0, 0.1) is 0 Å². The Morgan fingerprint density at radius 2 is 2.29 bits per heavy atom. The molecule has 0 aromatic rings. The van der Waals surface area contributed by atoms with Crippen molar-refractivity contribution >= 4 is 11.8 Å². The van der Waals surface area contributed by atoms with Gasteiger partial charge in [-0.15, -0.1) is 0 Å². The monoisotopic (exact) mass is 216 g/mol. The van der Waals surface area contributed by atoms with E-state index >= 15 is 0 Å². The Balaban J connectivity index is 2.40. The van der Waals surface area contributed by atoms with E-state index in [-0.39, 0.29) is 0 Å². The van der Waals surface area contributed by atoms with E-state index in [4.69, 9.17) is 0 Å². The van der Waals surface area contributed by atoms with Gasteiger partial charge in [0, 0.05) is 36.7 Å². The molecule has 2 unspecified atom stereocenters. The Kier molecular flexibility index (Phi) is 5.90. The number of hydrogen-bond acceptors (Lipinski definition) is 3. The van der Waals surface area contributed by atoms with Gasteiger partial charge in [-0.3, -0.25) is 4.90 Å². The molecule has 1 fully saturated rings. The standard InChI is InChI=1S/C11H24N2S/c1-4-10(8-12-3)13-6-7-14-11(5-2)9-13/h10-12H,4-9H2,1-3H3. The van der Waals surface area contributed by atoms with Crippen LogP contribution in [-0.2, 0) is 0 Å². The first-order chi connectivity index (χ1) is 6.81. The highest BCUT2D eigenvalue weighted by atomic mass is 32.2. The number of rotatable bonds is 5. The second-order valence-electron chi connectivity index (χ2n) is 4.02. The van der Waals surface area contributed by atoms with E-state index in [9.17, 15) is 0 Å². The topological polar surface area (TPSA) is 15.3 Å². The minimum atomic E-state index is 0.745. The first kappa shape index (κ1) is 12.3. The summed E-state index contributed by atoms with van der Waals surface area (Å²) < 4.78 is 0. The van der Waals surface area contributed by atoms with Crippen LogP contribution in [0.4, 0.5) is 0 Å². The molecule has 84 valence electrons. The number of likely N-dealkylation sites (N-methyl/N-ethyl adjacent to an activating group) is 1. The number of thioether (sulfide) groups is 1. The van der Waals surface area contributed by atoms with Crippen molar-refractivity contribution in [3.8, 4) is 0 Å². The minimum absolute atomic E-state index is 0.745. The number of hydrogen-bond donors (Lipinski definition) is 1. The van der Waals surface area contributed by atoms with E-state index in [1.54, 1.807) is 0 Å². The molecule has 0 aliphatic carbocycles. The molecule has 1 heterocycles. The second kappa shape index (κ2) is 6.70. The summed E-state index contributed by atoms with van der Waals surface area (Å²) in [6.07, 6.45) is 2.58. The van der Waals surface area contributed by atoms with E-state index < -0.39 is 0 Å². The predicted octanol–water partition coefficient (Wildman–Crippen LogP) is 1.81. The molecule has 1 N–H and O–H groups in total. The van der Waals surface area contributed by atoms with Gasteiger partial charge >= 0.3 is 0 Å². The summed E-state index contributed by atoms with van der Waals surface area (Å²) in [6, 6.07) is 0.745. The van der Waals surface area contributed by atoms with E-state index in [1.165, 1.54) is 31.7 Å². The molecule has 1 saturated heterocycles. The Morgan fingerprint density at radius 3 is 2.86 bits per heavy atom. The van der Waals surface area contributed by atoms with E-state index in [0.29, 0.717) is 0 Å². The van der Waals surface area contributed by atoms with E-state index in [1.807, 2.05) is 0 Å². The highest BCUT2D eigenvalue weighted by molar-refractivity contribution is 8.00. The highest BCUT2D eigenvalue weighted by Crippen LogP contribution is 2.22. The second-order valence-corrected chi connectivity index (χ2v) is 5.42. The van der Waals surface area contributed by atoms with Crippen LogP contribution >= 0.6 is 11.8 Å². The first-order valence-electron chi connectivity index (χ1n) is 5.82. The smallest absolute Gasteiger partial charge is 0.0218 e. The molecule has 0 saturated carbocycles. The van der Waals surface area contributed by atoms with Crippen LogP contribution in [0.2, 0.25) is 0 Å². The Bertz CT molecular complexity index is 152. The molecule has 0 aromatic heterocycles. The Morgan fingerprint density at radius 1 is 1.50 bits per heavy atom. The first-order valence-corrected chi connectivity index (χ1v) is 6.86. The van der Waals surface area contributed by atoms with Crippen molar-refractivity contribution in [2.75, 3.05) is 32.4 Å². The molecule has 0 amide bonds. The lowest BCUT2D eigenvalue weighted by molar-refractivity contribution is 0.194. The average Bonchev–Trinajstić information content (AvgIpc) is 2.26. The normalized spacial score (nSPS) is 26.4. The van der Waals surface area contributed by atoms with Crippen molar-refractivity contribution in [3.63, 3.8) is 0 Å². The van der Waals surface area contributed by atoms with Crippen molar-refractivity contribution in [1.82, 2.24) is 10.2 Å². The van der Waals surface area contributed by atoms with Crippen LogP contribution in [0.1, 0.15) is 26.7 Å². The summed E-state index contributed by atoms with van der Waals surface area (Å²) in [4.78, 5) is 2.67. The lowest BCUT2D eigenvalue weighted by atomic mass is 10.1. The predicted molar refractivity (Wildman–Crippen MR) is 66.1 cm³/mol. The molecule has 3 heteroatoms. The van der Waals surface area contributed by atoms with Gasteiger partial charge in [-0.25, -0.2) is 0 Å². The molecular formula is C11H24N2S. The summed E-state index contributed by atoms with van der Waals surface area (Å²) in [7, 11) is 2.05. The lowest BCUT2D eigenvalue weighted by Crippen LogP contribution is -2.47. The van der Waals surface area contributed by atoms with Crippen molar-refractivity contribution in [3.05, 3.63) is 0 Å². The summed E-state index contributed by atoms with van der Waals surface area (Å²) in [5, 5.41) is 4.17.